The molecule has 0 heterocycles. The van der Waals surface area contributed by atoms with Crippen LogP contribution in [0.5, 0.6) is 0 Å². The molecule has 0 aromatic heterocycles. The van der Waals surface area contributed by atoms with Gasteiger partial charge in [-0.15, -0.1) is 0 Å². The van der Waals surface area contributed by atoms with Gasteiger partial charge in [0, 0.05) is 12.8 Å². The van der Waals surface area contributed by atoms with Gasteiger partial charge in [0.15, 0.2) is 6.10 Å². The van der Waals surface area contributed by atoms with E-state index in [-0.39, 0.29) is 25.2 Å². The third-order valence-electron chi connectivity index (χ3n) is 8.81. The Bertz CT molecular complexity index is 647. The molecule has 0 aromatic carbocycles. The summed E-state index contributed by atoms with van der Waals surface area (Å²) in [6.45, 7) is 4.11. The zero-order valence-electron chi connectivity index (χ0n) is 30.1. The van der Waals surface area contributed by atoms with Crippen molar-refractivity contribution in [3.63, 3.8) is 0 Å². The number of carbonyl (C=O) groups excluding carboxylic acids is 2. The van der Waals surface area contributed by atoms with Crippen molar-refractivity contribution in [1.82, 2.24) is 0 Å². The van der Waals surface area contributed by atoms with Gasteiger partial charge in [0.05, 0.1) is 6.61 Å². The van der Waals surface area contributed by atoms with Gasteiger partial charge < -0.3 is 14.6 Å². The van der Waals surface area contributed by atoms with Gasteiger partial charge in [-0.2, -0.15) is 0 Å². The SMILES string of the molecule is CCCC/C=C/CCCCCCCC(=O)OC[C@H](CO)OC(=O)CCCCCCCCCCCCCCCCCCCCCC. The van der Waals surface area contributed by atoms with E-state index in [1.165, 1.54) is 141 Å². The zero-order valence-corrected chi connectivity index (χ0v) is 30.1. The lowest BCUT2D eigenvalue weighted by atomic mass is 10.0. The van der Waals surface area contributed by atoms with Crippen molar-refractivity contribution in [1.29, 1.82) is 0 Å². The maximum atomic E-state index is 12.2. The van der Waals surface area contributed by atoms with Crippen LogP contribution < -0.4 is 0 Å². The fourth-order valence-corrected chi connectivity index (χ4v) is 5.77. The summed E-state index contributed by atoms with van der Waals surface area (Å²) in [4.78, 5) is 24.2. The predicted octanol–water partition coefficient (Wildman–Crippen LogP) is 12.1. The van der Waals surface area contributed by atoms with Crippen LogP contribution in [0.3, 0.4) is 0 Å². The summed E-state index contributed by atoms with van der Waals surface area (Å²) < 4.78 is 10.6. The predicted molar refractivity (Wildman–Crippen MR) is 192 cm³/mol. The average molecular weight is 637 g/mol. The minimum absolute atomic E-state index is 0.0648. The second-order valence-corrected chi connectivity index (χ2v) is 13.4. The Hall–Kier alpha value is -1.36. The fraction of sp³-hybridized carbons (Fsp3) is 0.900. The Morgan fingerprint density at radius 2 is 0.844 bits per heavy atom. The first kappa shape index (κ1) is 43.6. The summed E-state index contributed by atoms with van der Waals surface area (Å²) in [6.07, 6.45) is 41.4. The Morgan fingerprint density at radius 1 is 0.489 bits per heavy atom. The van der Waals surface area contributed by atoms with E-state index in [1.54, 1.807) is 0 Å². The van der Waals surface area contributed by atoms with Crippen molar-refractivity contribution in [2.45, 2.75) is 219 Å². The van der Waals surface area contributed by atoms with Gasteiger partial charge in [0.1, 0.15) is 6.61 Å². The highest BCUT2D eigenvalue weighted by Crippen LogP contribution is 2.15. The summed E-state index contributed by atoms with van der Waals surface area (Å²) in [5.41, 5.74) is 0. The molecule has 45 heavy (non-hydrogen) atoms. The number of esters is 2. The topological polar surface area (TPSA) is 72.8 Å². The lowest BCUT2D eigenvalue weighted by molar-refractivity contribution is -0.161. The molecule has 0 amide bonds. The van der Waals surface area contributed by atoms with Gasteiger partial charge in [-0.05, 0) is 32.1 Å². The molecular formula is C40H76O5. The number of hydrogen-bond acceptors (Lipinski definition) is 5. The number of unbranched alkanes of at least 4 members (excludes halogenated alkanes) is 26. The van der Waals surface area contributed by atoms with E-state index in [9.17, 15) is 14.7 Å². The highest BCUT2D eigenvalue weighted by Gasteiger charge is 2.16. The molecular weight excluding hydrogens is 560 g/mol. The van der Waals surface area contributed by atoms with Gasteiger partial charge in [0.2, 0.25) is 0 Å². The smallest absolute Gasteiger partial charge is 0.306 e. The molecule has 1 atom stereocenters. The lowest BCUT2D eigenvalue weighted by Gasteiger charge is -2.15. The number of hydrogen-bond donors (Lipinski definition) is 1. The van der Waals surface area contributed by atoms with Crippen molar-refractivity contribution in [3.8, 4) is 0 Å². The van der Waals surface area contributed by atoms with Crippen LogP contribution in [-0.2, 0) is 19.1 Å². The van der Waals surface area contributed by atoms with E-state index in [1.807, 2.05) is 0 Å². The summed E-state index contributed by atoms with van der Waals surface area (Å²) in [5.74, 6) is -0.592. The molecule has 5 heteroatoms. The van der Waals surface area contributed by atoms with Crippen LogP contribution in [-0.4, -0.2) is 36.4 Å². The second-order valence-electron chi connectivity index (χ2n) is 13.4. The maximum Gasteiger partial charge on any atom is 0.306 e. The Labute approximate surface area is 280 Å². The van der Waals surface area contributed by atoms with E-state index >= 15 is 0 Å². The van der Waals surface area contributed by atoms with Gasteiger partial charge >= 0.3 is 11.9 Å². The molecule has 0 spiro atoms. The molecule has 0 rings (SSSR count). The molecule has 0 bridgehead atoms. The quantitative estimate of drug-likeness (QED) is 0.0421. The van der Waals surface area contributed by atoms with Gasteiger partial charge in [-0.25, -0.2) is 0 Å². The number of aliphatic hydroxyl groups excluding tert-OH is 1. The van der Waals surface area contributed by atoms with Crippen LogP contribution >= 0.6 is 0 Å². The fourth-order valence-electron chi connectivity index (χ4n) is 5.77. The van der Waals surface area contributed by atoms with E-state index in [0.717, 1.165) is 44.9 Å². The van der Waals surface area contributed by atoms with Crippen LogP contribution in [0.25, 0.3) is 0 Å². The number of ether oxygens (including phenoxy) is 2. The largest absolute Gasteiger partial charge is 0.462 e. The van der Waals surface area contributed by atoms with Crippen LogP contribution in [0, 0.1) is 0 Å². The van der Waals surface area contributed by atoms with Gasteiger partial charge in [-0.1, -0.05) is 180 Å². The molecule has 0 aliphatic rings. The Morgan fingerprint density at radius 3 is 1.27 bits per heavy atom. The molecule has 266 valence electrons. The molecule has 1 N–H and O–H groups in total. The van der Waals surface area contributed by atoms with Crippen molar-refractivity contribution < 1.29 is 24.2 Å². The van der Waals surface area contributed by atoms with Crippen molar-refractivity contribution in [2.24, 2.45) is 0 Å². The summed E-state index contributed by atoms with van der Waals surface area (Å²) in [5, 5.41) is 9.53. The molecule has 0 saturated heterocycles. The Kier molecular flexibility index (Phi) is 36.0. The minimum Gasteiger partial charge on any atom is -0.462 e. The van der Waals surface area contributed by atoms with Crippen molar-refractivity contribution in [3.05, 3.63) is 12.2 Å². The third-order valence-corrected chi connectivity index (χ3v) is 8.81. The summed E-state index contributed by atoms with van der Waals surface area (Å²) in [6, 6.07) is 0. The molecule has 0 aliphatic heterocycles. The summed E-state index contributed by atoms with van der Waals surface area (Å²) in [7, 11) is 0. The molecule has 5 nitrogen and oxygen atoms in total. The first-order valence-corrected chi connectivity index (χ1v) is 19.7. The number of allylic oxidation sites excluding steroid dienone is 2. The normalized spacial score (nSPS) is 12.2. The molecule has 0 saturated carbocycles. The molecule has 0 fully saturated rings. The first-order chi connectivity index (χ1) is 22.1. The van der Waals surface area contributed by atoms with Crippen LogP contribution in [0.1, 0.15) is 213 Å². The minimum atomic E-state index is -0.767. The zero-order chi connectivity index (χ0) is 32.9. The van der Waals surface area contributed by atoms with Crippen molar-refractivity contribution >= 4 is 11.9 Å². The lowest BCUT2D eigenvalue weighted by Crippen LogP contribution is -2.28. The van der Waals surface area contributed by atoms with E-state index < -0.39 is 6.10 Å². The van der Waals surface area contributed by atoms with Crippen LogP contribution in [0.4, 0.5) is 0 Å². The monoisotopic (exact) mass is 637 g/mol. The number of rotatable bonds is 36. The van der Waals surface area contributed by atoms with Crippen LogP contribution in [0.2, 0.25) is 0 Å². The second kappa shape index (κ2) is 37.1. The van der Waals surface area contributed by atoms with E-state index in [0.29, 0.717) is 12.8 Å². The first-order valence-electron chi connectivity index (χ1n) is 19.7. The average Bonchev–Trinajstić information content (AvgIpc) is 3.04. The van der Waals surface area contributed by atoms with Crippen LogP contribution in [0.15, 0.2) is 12.2 Å². The third kappa shape index (κ3) is 35.3. The van der Waals surface area contributed by atoms with Gasteiger partial charge in [0.25, 0.3) is 0 Å². The van der Waals surface area contributed by atoms with Gasteiger partial charge in [-0.3, -0.25) is 9.59 Å². The molecule has 0 aromatic rings. The standard InChI is InChI=1S/C40H76O5/c1-3-5-7-9-11-13-15-16-17-18-19-20-21-22-23-25-27-29-31-33-35-40(43)45-38(36-41)37-44-39(42)34-32-30-28-26-24-14-12-10-8-6-4-2/h10,12,38,41H,3-9,11,13-37H2,1-2H3/b12-10+/t38-/m0/s1. The highest BCUT2D eigenvalue weighted by molar-refractivity contribution is 5.70. The molecule has 0 radical (unpaired) electrons. The maximum absolute atomic E-state index is 12.2. The number of carbonyl (C=O) groups is 2. The number of aliphatic hydroxyl groups is 1. The highest BCUT2D eigenvalue weighted by atomic mass is 16.6. The summed E-state index contributed by atoms with van der Waals surface area (Å²) >= 11 is 0. The van der Waals surface area contributed by atoms with E-state index in [4.69, 9.17) is 9.47 Å². The molecule has 0 unspecified atom stereocenters. The van der Waals surface area contributed by atoms with E-state index in [2.05, 4.69) is 26.0 Å². The molecule has 0 aliphatic carbocycles. The Balaban J connectivity index is 3.48. The van der Waals surface area contributed by atoms with Crippen molar-refractivity contribution in [2.75, 3.05) is 13.2 Å².